The van der Waals surface area contributed by atoms with Crippen molar-refractivity contribution in [2.24, 2.45) is 0 Å². The molecule has 1 saturated heterocycles. The number of hydrogen-bond donors (Lipinski definition) is 1. The Labute approximate surface area is 90.2 Å². The fourth-order valence-corrected chi connectivity index (χ4v) is 1.36. The van der Waals surface area contributed by atoms with Gasteiger partial charge in [0.1, 0.15) is 5.69 Å². The van der Waals surface area contributed by atoms with E-state index < -0.39 is 6.03 Å². The summed E-state index contributed by atoms with van der Waals surface area (Å²) in [5.41, 5.74) is 0.220. The van der Waals surface area contributed by atoms with E-state index >= 15 is 0 Å². The van der Waals surface area contributed by atoms with Crippen LogP contribution in [-0.4, -0.2) is 51.2 Å². The molecule has 0 aromatic carbocycles. The zero-order valence-electron chi connectivity index (χ0n) is 8.29. The quantitative estimate of drug-likeness (QED) is 0.502. The summed E-state index contributed by atoms with van der Waals surface area (Å²) < 4.78 is 1.41. The van der Waals surface area contributed by atoms with Gasteiger partial charge in [0.15, 0.2) is 6.29 Å². The fourth-order valence-electron chi connectivity index (χ4n) is 1.36. The van der Waals surface area contributed by atoms with Crippen molar-refractivity contribution < 1.29 is 14.4 Å². The Morgan fingerprint density at radius 2 is 2.25 bits per heavy atom. The second kappa shape index (κ2) is 4.09. The molecular formula is C8H9N5O3. The summed E-state index contributed by atoms with van der Waals surface area (Å²) in [7, 11) is 0. The lowest BCUT2D eigenvalue weighted by atomic mass is 10.5. The zero-order chi connectivity index (χ0) is 11.5. The molecule has 3 amide bonds. The number of aromatic nitrogens is 3. The van der Waals surface area contributed by atoms with Gasteiger partial charge in [0, 0.05) is 0 Å². The Bertz CT molecular complexity index is 425. The number of nitrogens with one attached hydrogen (secondary N) is 1. The molecule has 2 rings (SSSR count). The lowest BCUT2D eigenvalue weighted by Crippen LogP contribution is -2.33. The van der Waals surface area contributed by atoms with Crippen molar-refractivity contribution in [2.45, 2.75) is 6.54 Å². The maximum Gasteiger partial charge on any atom is 0.324 e. The highest BCUT2D eigenvalue weighted by atomic mass is 16.2. The number of rotatable bonds is 4. The molecule has 0 aliphatic carbocycles. The van der Waals surface area contributed by atoms with Crippen molar-refractivity contribution >= 4 is 18.2 Å². The van der Waals surface area contributed by atoms with E-state index in [1.807, 2.05) is 0 Å². The van der Waals surface area contributed by atoms with Crippen LogP contribution in [0.3, 0.4) is 0 Å². The average Bonchev–Trinajstić information content (AvgIpc) is 2.85. The minimum atomic E-state index is -0.402. The molecule has 0 unspecified atom stereocenters. The van der Waals surface area contributed by atoms with Gasteiger partial charge in [-0.15, -0.1) is 5.10 Å². The normalized spacial score (nSPS) is 15.4. The largest absolute Gasteiger partial charge is 0.329 e. The first-order valence-electron chi connectivity index (χ1n) is 4.64. The molecule has 8 nitrogen and oxygen atoms in total. The van der Waals surface area contributed by atoms with E-state index in [-0.39, 0.29) is 24.7 Å². The number of carbonyl (C=O) groups is 3. The first-order chi connectivity index (χ1) is 7.70. The van der Waals surface area contributed by atoms with Crippen LogP contribution in [0.1, 0.15) is 10.5 Å². The number of urea groups is 1. The predicted molar refractivity (Wildman–Crippen MR) is 50.5 cm³/mol. The topological polar surface area (TPSA) is 97.2 Å². The van der Waals surface area contributed by atoms with Crippen molar-refractivity contribution in [3.05, 3.63) is 11.9 Å². The van der Waals surface area contributed by atoms with Gasteiger partial charge in [0.05, 0.1) is 25.8 Å². The van der Waals surface area contributed by atoms with E-state index in [1.165, 1.54) is 10.9 Å². The van der Waals surface area contributed by atoms with Crippen molar-refractivity contribution in [1.82, 2.24) is 25.2 Å². The molecule has 1 aliphatic rings. The summed E-state index contributed by atoms with van der Waals surface area (Å²) in [4.78, 5) is 33.8. The first-order valence-corrected chi connectivity index (χ1v) is 4.64. The third-order valence-electron chi connectivity index (χ3n) is 2.17. The molecule has 1 aromatic rings. The standard InChI is InChI=1S/C8H9N5O3/c14-5-6-4-12(11-10-6)1-2-13-7(15)3-9-8(13)16/h4-5H,1-3H2,(H,9,16). The van der Waals surface area contributed by atoms with Crippen LogP contribution in [-0.2, 0) is 11.3 Å². The average molecular weight is 223 g/mol. The summed E-state index contributed by atoms with van der Waals surface area (Å²) >= 11 is 0. The molecule has 1 fully saturated rings. The Hall–Kier alpha value is -2.25. The Kier molecular flexibility index (Phi) is 2.63. The highest BCUT2D eigenvalue weighted by Crippen LogP contribution is 1.99. The van der Waals surface area contributed by atoms with Gasteiger partial charge < -0.3 is 5.32 Å². The monoisotopic (exact) mass is 223 g/mol. The van der Waals surface area contributed by atoms with Crippen LogP contribution < -0.4 is 5.32 Å². The molecule has 1 N–H and O–H groups in total. The van der Waals surface area contributed by atoms with Gasteiger partial charge in [-0.2, -0.15) is 0 Å². The minimum Gasteiger partial charge on any atom is -0.329 e. The highest BCUT2D eigenvalue weighted by molar-refractivity contribution is 6.01. The molecule has 1 aliphatic heterocycles. The molecule has 84 valence electrons. The second-order valence-electron chi connectivity index (χ2n) is 3.23. The molecule has 2 heterocycles. The van der Waals surface area contributed by atoms with Crippen molar-refractivity contribution in [3.63, 3.8) is 0 Å². The van der Waals surface area contributed by atoms with E-state index in [2.05, 4.69) is 15.6 Å². The van der Waals surface area contributed by atoms with Crippen molar-refractivity contribution in [2.75, 3.05) is 13.1 Å². The van der Waals surface area contributed by atoms with E-state index in [0.29, 0.717) is 12.8 Å². The third-order valence-corrected chi connectivity index (χ3v) is 2.17. The summed E-state index contributed by atoms with van der Waals surface area (Å²) in [5.74, 6) is -0.263. The maximum atomic E-state index is 11.2. The van der Waals surface area contributed by atoms with Gasteiger partial charge in [-0.3, -0.25) is 19.2 Å². The van der Waals surface area contributed by atoms with Crippen LogP contribution in [0.25, 0.3) is 0 Å². The Morgan fingerprint density at radius 3 is 2.81 bits per heavy atom. The fraction of sp³-hybridized carbons (Fsp3) is 0.375. The number of hydrogen-bond acceptors (Lipinski definition) is 5. The highest BCUT2D eigenvalue weighted by Gasteiger charge is 2.27. The lowest BCUT2D eigenvalue weighted by Gasteiger charge is -2.11. The zero-order valence-corrected chi connectivity index (χ0v) is 8.29. The van der Waals surface area contributed by atoms with Crippen molar-refractivity contribution in [1.29, 1.82) is 0 Å². The van der Waals surface area contributed by atoms with Gasteiger partial charge in [-0.05, 0) is 0 Å². The van der Waals surface area contributed by atoms with Gasteiger partial charge >= 0.3 is 6.03 Å². The molecular weight excluding hydrogens is 214 g/mol. The van der Waals surface area contributed by atoms with E-state index in [4.69, 9.17) is 0 Å². The number of nitrogens with zero attached hydrogens (tertiary/aromatic N) is 4. The Balaban J connectivity index is 1.94. The van der Waals surface area contributed by atoms with E-state index in [9.17, 15) is 14.4 Å². The molecule has 16 heavy (non-hydrogen) atoms. The molecule has 0 spiro atoms. The van der Waals surface area contributed by atoms with Crippen LogP contribution in [0.2, 0.25) is 0 Å². The summed E-state index contributed by atoms with van der Waals surface area (Å²) in [6, 6.07) is -0.402. The summed E-state index contributed by atoms with van der Waals surface area (Å²) in [6.07, 6.45) is 2.03. The second-order valence-corrected chi connectivity index (χ2v) is 3.23. The van der Waals surface area contributed by atoms with Gasteiger partial charge in [0.25, 0.3) is 0 Å². The van der Waals surface area contributed by atoms with Gasteiger partial charge in [0.2, 0.25) is 5.91 Å². The third kappa shape index (κ3) is 1.90. The molecule has 0 atom stereocenters. The van der Waals surface area contributed by atoms with Gasteiger partial charge in [-0.1, -0.05) is 5.21 Å². The smallest absolute Gasteiger partial charge is 0.324 e. The van der Waals surface area contributed by atoms with Crippen LogP contribution >= 0.6 is 0 Å². The Morgan fingerprint density at radius 1 is 1.44 bits per heavy atom. The first kappa shape index (κ1) is 10.3. The molecule has 8 heteroatoms. The SMILES string of the molecule is O=Cc1cn(CCN2C(=O)CNC2=O)nn1. The maximum absolute atomic E-state index is 11.2. The van der Waals surface area contributed by atoms with Crippen molar-refractivity contribution in [3.8, 4) is 0 Å². The number of imide groups is 1. The number of carbonyl (C=O) groups excluding carboxylic acids is 3. The minimum absolute atomic E-state index is 0.0375. The molecule has 0 bridgehead atoms. The number of aldehydes is 1. The summed E-state index contributed by atoms with van der Waals surface area (Å²) in [6.45, 7) is 0.572. The van der Waals surface area contributed by atoms with Crippen LogP contribution in [0.5, 0.6) is 0 Å². The van der Waals surface area contributed by atoms with E-state index in [1.54, 1.807) is 0 Å². The summed E-state index contributed by atoms with van der Waals surface area (Å²) in [5, 5.41) is 9.63. The van der Waals surface area contributed by atoms with E-state index in [0.717, 1.165) is 4.90 Å². The molecule has 0 radical (unpaired) electrons. The van der Waals surface area contributed by atoms with Gasteiger partial charge in [-0.25, -0.2) is 4.79 Å². The van der Waals surface area contributed by atoms with Crippen LogP contribution in [0.4, 0.5) is 4.79 Å². The van der Waals surface area contributed by atoms with Crippen LogP contribution in [0.15, 0.2) is 6.20 Å². The molecule has 1 aromatic heterocycles. The van der Waals surface area contributed by atoms with Crippen LogP contribution in [0, 0.1) is 0 Å². The number of amides is 3. The predicted octanol–water partition coefficient (Wildman–Crippen LogP) is -1.36. The molecule has 0 saturated carbocycles. The lowest BCUT2D eigenvalue weighted by molar-refractivity contribution is -0.125.